The molecule has 0 amide bonds. The van der Waals surface area contributed by atoms with Gasteiger partial charge < -0.3 is 13.7 Å². The zero-order chi connectivity index (χ0) is 15.0. The first-order chi connectivity index (χ1) is 10.1. The summed E-state index contributed by atoms with van der Waals surface area (Å²) in [5, 5.41) is 0. The molecule has 5 nitrogen and oxygen atoms in total. The molecule has 2 aromatic heterocycles. The number of benzene rings is 1. The summed E-state index contributed by atoms with van der Waals surface area (Å²) in [5.74, 6) is 3.31. The third kappa shape index (κ3) is 2.38. The molecule has 0 aliphatic heterocycles. The van der Waals surface area contributed by atoms with Crippen LogP contribution in [0.1, 0.15) is 30.4 Å². The Hall–Kier alpha value is -2.01. The Morgan fingerprint density at radius 2 is 2.24 bits per heavy atom. The lowest BCUT2D eigenvalue weighted by atomic mass is 10.2. The molecule has 1 atom stereocenters. The van der Waals surface area contributed by atoms with E-state index in [-0.39, 0.29) is 6.04 Å². The number of rotatable bonds is 4. The molecular formula is C15H16ClN3O2. The fourth-order valence-electron chi connectivity index (χ4n) is 2.46. The van der Waals surface area contributed by atoms with E-state index in [0.29, 0.717) is 11.8 Å². The van der Waals surface area contributed by atoms with Gasteiger partial charge in [0.25, 0.3) is 0 Å². The Bertz CT molecular complexity index is 778. The number of hydrogen-bond acceptors (Lipinski definition) is 4. The minimum Gasteiger partial charge on any atom is -0.497 e. The third-order valence-corrected chi connectivity index (χ3v) is 3.71. The molecule has 21 heavy (non-hydrogen) atoms. The van der Waals surface area contributed by atoms with Crippen molar-refractivity contribution in [2.75, 3.05) is 7.11 Å². The predicted molar refractivity (Wildman–Crippen MR) is 80.9 cm³/mol. The van der Waals surface area contributed by atoms with Crippen molar-refractivity contribution in [2.45, 2.75) is 25.8 Å². The van der Waals surface area contributed by atoms with E-state index in [0.717, 1.165) is 28.4 Å². The van der Waals surface area contributed by atoms with E-state index in [1.54, 1.807) is 13.3 Å². The highest BCUT2D eigenvalue weighted by atomic mass is 35.5. The number of alkyl halides is 1. The van der Waals surface area contributed by atoms with Crippen molar-refractivity contribution in [1.29, 1.82) is 0 Å². The monoisotopic (exact) mass is 305 g/mol. The van der Waals surface area contributed by atoms with Crippen LogP contribution in [-0.4, -0.2) is 21.6 Å². The van der Waals surface area contributed by atoms with E-state index >= 15 is 0 Å². The Morgan fingerprint density at radius 3 is 2.86 bits per heavy atom. The zero-order valence-electron chi connectivity index (χ0n) is 12.1. The molecule has 0 radical (unpaired) electrons. The molecule has 1 unspecified atom stereocenters. The maximum absolute atomic E-state index is 6.05. The number of oxazole rings is 1. The summed E-state index contributed by atoms with van der Waals surface area (Å²) < 4.78 is 12.9. The molecule has 0 aliphatic rings. The number of methoxy groups -OCH3 is 1. The van der Waals surface area contributed by atoms with Crippen molar-refractivity contribution < 1.29 is 9.15 Å². The van der Waals surface area contributed by atoms with Crippen molar-refractivity contribution in [3.63, 3.8) is 0 Å². The van der Waals surface area contributed by atoms with Crippen LogP contribution in [0.15, 0.2) is 28.8 Å². The van der Waals surface area contributed by atoms with Crippen LogP contribution < -0.4 is 4.74 Å². The summed E-state index contributed by atoms with van der Waals surface area (Å²) in [4.78, 5) is 8.88. The highest BCUT2D eigenvalue weighted by Crippen LogP contribution is 2.28. The van der Waals surface area contributed by atoms with Crippen molar-refractivity contribution in [1.82, 2.24) is 14.5 Å². The van der Waals surface area contributed by atoms with Gasteiger partial charge in [-0.2, -0.15) is 0 Å². The highest BCUT2D eigenvalue weighted by molar-refractivity contribution is 6.16. The molecular weight excluding hydrogens is 290 g/mol. The number of fused-ring (bicyclic) bond motifs is 1. The van der Waals surface area contributed by atoms with Gasteiger partial charge in [0.15, 0.2) is 0 Å². The van der Waals surface area contributed by atoms with Gasteiger partial charge in [0.2, 0.25) is 5.89 Å². The van der Waals surface area contributed by atoms with E-state index in [2.05, 4.69) is 9.97 Å². The first-order valence-corrected chi connectivity index (χ1v) is 7.20. The Kier molecular flexibility index (Phi) is 3.59. The SMILES string of the molecule is COc1ccc2c(c1)nc(CCl)n2C(C)c1ncc(C)o1. The topological polar surface area (TPSA) is 53.1 Å². The molecule has 0 spiro atoms. The van der Waals surface area contributed by atoms with Crippen molar-refractivity contribution in [3.8, 4) is 5.75 Å². The van der Waals surface area contributed by atoms with Crippen LogP contribution in [0.2, 0.25) is 0 Å². The third-order valence-electron chi connectivity index (χ3n) is 3.47. The second-order valence-corrected chi connectivity index (χ2v) is 5.14. The normalized spacial score (nSPS) is 12.8. The number of aromatic nitrogens is 3. The van der Waals surface area contributed by atoms with Gasteiger partial charge in [-0.05, 0) is 26.0 Å². The molecule has 0 fully saturated rings. The lowest BCUT2D eigenvalue weighted by Gasteiger charge is -2.13. The van der Waals surface area contributed by atoms with Crippen LogP contribution >= 0.6 is 11.6 Å². The molecule has 3 aromatic rings. The molecule has 0 N–H and O–H groups in total. The average Bonchev–Trinajstić information content (AvgIpc) is 3.08. The van der Waals surface area contributed by atoms with E-state index in [1.165, 1.54) is 0 Å². The lowest BCUT2D eigenvalue weighted by Crippen LogP contribution is -2.10. The van der Waals surface area contributed by atoms with E-state index in [1.807, 2.05) is 36.6 Å². The van der Waals surface area contributed by atoms with Crippen LogP contribution in [0.25, 0.3) is 11.0 Å². The molecule has 6 heteroatoms. The first-order valence-electron chi connectivity index (χ1n) is 6.67. The van der Waals surface area contributed by atoms with Crippen LogP contribution in [-0.2, 0) is 5.88 Å². The van der Waals surface area contributed by atoms with Gasteiger partial charge in [-0.25, -0.2) is 9.97 Å². The summed E-state index contributed by atoms with van der Waals surface area (Å²) in [6.07, 6.45) is 1.72. The summed E-state index contributed by atoms with van der Waals surface area (Å²) in [5.41, 5.74) is 1.83. The van der Waals surface area contributed by atoms with E-state index < -0.39 is 0 Å². The second-order valence-electron chi connectivity index (χ2n) is 4.87. The number of ether oxygens (including phenoxy) is 1. The smallest absolute Gasteiger partial charge is 0.217 e. The second kappa shape index (κ2) is 5.41. The van der Waals surface area contributed by atoms with Gasteiger partial charge in [0.1, 0.15) is 23.4 Å². The van der Waals surface area contributed by atoms with Crippen LogP contribution in [0.5, 0.6) is 5.75 Å². The van der Waals surface area contributed by atoms with Crippen molar-refractivity contribution in [2.24, 2.45) is 0 Å². The Balaban J connectivity index is 2.15. The van der Waals surface area contributed by atoms with Crippen LogP contribution in [0.4, 0.5) is 0 Å². The Morgan fingerprint density at radius 1 is 1.43 bits per heavy atom. The molecule has 110 valence electrons. The number of hydrogen-bond donors (Lipinski definition) is 0. The highest BCUT2D eigenvalue weighted by Gasteiger charge is 2.20. The lowest BCUT2D eigenvalue weighted by molar-refractivity contribution is 0.414. The zero-order valence-corrected chi connectivity index (χ0v) is 12.9. The molecule has 0 saturated carbocycles. The van der Waals surface area contributed by atoms with Crippen molar-refractivity contribution >= 4 is 22.6 Å². The summed E-state index contributed by atoms with van der Waals surface area (Å²) in [7, 11) is 1.64. The Labute approximate surface area is 127 Å². The number of halogens is 1. The van der Waals surface area contributed by atoms with Crippen molar-refractivity contribution in [3.05, 3.63) is 41.9 Å². The quantitative estimate of drug-likeness (QED) is 0.690. The summed E-state index contributed by atoms with van der Waals surface area (Å²) >= 11 is 6.05. The minimum absolute atomic E-state index is 0.0779. The molecule has 0 saturated heterocycles. The molecule has 0 aliphatic carbocycles. The average molecular weight is 306 g/mol. The maximum Gasteiger partial charge on any atom is 0.217 e. The molecule has 0 bridgehead atoms. The number of nitrogens with zero attached hydrogens (tertiary/aromatic N) is 3. The van der Waals surface area contributed by atoms with Gasteiger partial charge in [-0.15, -0.1) is 11.6 Å². The summed E-state index contributed by atoms with van der Waals surface area (Å²) in [6, 6.07) is 5.70. The van der Waals surface area contributed by atoms with Crippen LogP contribution in [0.3, 0.4) is 0 Å². The first kappa shape index (κ1) is 13.9. The fraction of sp³-hybridized carbons (Fsp3) is 0.333. The van der Waals surface area contributed by atoms with E-state index in [9.17, 15) is 0 Å². The summed E-state index contributed by atoms with van der Waals surface area (Å²) in [6.45, 7) is 3.90. The number of imidazole rings is 1. The molecule has 3 rings (SSSR count). The largest absolute Gasteiger partial charge is 0.497 e. The minimum atomic E-state index is -0.0779. The molecule has 1 aromatic carbocycles. The van der Waals surface area contributed by atoms with Gasteiger partial charge in [0.05, 0.1) is 30.2 Å². The van der Waals surface area contributed by atoms with Gasteiger partial charge in [-0.3, -0.25) is 0 Å². The standard InChI is InChI=1S/C15H16ClN3O2/c1-9-8-17-15(21-9)10(2)19-13-5-4-11(20-3)6-12(13)18-14(19)7-16/h4-6,8,10H,7H2,1-3H3. The predicted octanol–water partition coefficient (Wildman–Crippen LogP) is 3.69. The van der Waals surface area contributed by atoms with Crippen LogP contribution in [0, 0.1) is 6.92 Å². The van der Waals surface area contributed by atoms with Gasteiger partial charge in [0, 0.05) is 6.07 Å². The van der Waals surface area contributed by atoms with Gasteiger partial charge in [-0.1, -0.05) is 0 Å². The fourth-order valence-corrected chi connectivity index (χ4v) is 2.65. The van der Waals surface area contributed by atoms with Gasteiger partial charge >= 0.3 is 0 Å². The maximum atomic E-state index is 6.05. The molecule has 2 heterocycles. The van der Waals surface area contributed by atoms with E-state index in [4.69, 9.17) is 20.8 Å². The number of aryl methyl sites for hydroxylation is 1.